The lowest BCUT2D eigenvalue weighted by Crippen LogP contribution is -2.41. The Bertz CT molecular complexity index is 653. The summed E-state index contributed by atoms with van der Waals surface area (Å²) in [6.07, 6.45) is 2.60. The van der Waals surface area contributed by atoms with E-state index in [4.69, 9.17) is 9.84 Å². The number of aromatic nitrogens is 1. The van der Waals surface area contributed by atoms with E-state index in [2.05, 4.69) is 20.5 Å². The highest BCUT2D eigenvalue weighted by Gasteiger charge is 2.26. The maximum absolute atomic E-state index is 12.2. The molecule has 3 N–H and O–H groups in total. The lowest BCUT2D eigenvalue weighted by atomic mass is 9.86. The van der Waals surface area contributed by atoms with Crippen molar-refractivity contribution in [3.8, 4) is 0 Å². The van der Waals surface area contributed by atoms with Gasteiger partial charge in [-0.05, 0) is 44.7 Å². The molecule has 1 saturated heterocycles. The summed E-state index contributed by atoms with van der Waals surface area (Å²) < 4.78 is 5.35. The van der Waals surface area contributed by atoms with Crippen molar-refractivity contribution in [2.75, 3.05) is 36.5 Å². The Morgan fingerprint density at radius 1 is 1.19 bits per heavy atom. The number of carbonyl (C=O) groups is 2. The largest absolute Gasteiger partial charge is 0.481 e. The smallest absolute Gasteiger partial charge is 0.319 e. The van der Waals surface area contributed by atoms with Gasteiger partial charge in [-0.25, -0.2) is 9.78 Å². The van der Waals surface area contributed by atoms with Crippen LogP contribution >= 0.6 is 0 Å². The maximum atomic E-state index is 12.2. The van der Waals surface area contributed by atoms with Crippen molar-refractivity contribution in [3.63, 3.8) is 0 Å². The van der Waals surface area contributed by atoms with E-state index in [-0.39, 0.29) is 18.0 Å². The van der Waals surface area contributed by atoms with Gasteiger partial charge in [0.1, 0.15) is 5.82 Å². The molecule has 0 spiro atoms. The Morgan fingerprint density at radius 3 is 2.50 bits per heavy atom. The molecule has 0 atom stereocenters. The molecule has 1 aliphatic heterocycles. The van der Waals surface area contributed by atoms with Crippen molar-refractivity contribution in [1.82, 2.24) is 10.3 Å². The number of hydrogen-bond acceptors (Lipinski definition) is 5. The number of urea groups is 1. The number of carboxylic acids is 1. The van der Waals surface area contributed by atoms with Gasteiger partial charge < -0.3 is 25.4 Å². The zero-order valence-electron chi connectivity index (χ0n) is 15.0. The quantitative estimate of drug-likeness (QED) is 0.757. The van der Waals surface area contributed by atoms with Gasteiger partial charge in [0.05, 0.1) is 30.5 Å². The van der Waals surface area contributed by atoms with Crippen LogP contribution in [-0.2, 0) is 9.53 Å². The highest BCUT2D eigenvalue weighted by Crippen LogP contribution is 2.25. The molecule has 142 valence electrons. The predicted octanol–water partition coefficient (Wildman–Crippen LogP) is 1.99. The third-order valence-electron chi connectivity index (χ3n) is 5.07. The number of carboxylic acid groups (broad SMARTS) is 1. The second-order valence-electron chi connectivity index (χ2n) is 6.89. The first-order chi connectivity index (χ1) is 12.5. The molecule has 2 heterocycles. The zero-order chi connectivity index (χ0) is 18.5. The van der Waals surface area contributed by atoms with Crippen LogP contribution in [0.3, 0.4) is 0 Å². The summed E-state index contributed by atoms with van der Waals surface area (Å²) in [7, 11) is 0. The summed E-state index contributed by atoms with van der Waals surface area (Å²) in [5.74, 6) is -0.131. The van der Waals surface area contributed by atoms with Crippen molar-refractivity contribution in [2.24, 2.45) is 5.92 Å². The molecule has 0 bridgehead atoms. The van der Waals surface area contributed by atoms with E-state index in [0.29, 0.717) is 44.6 Å². The molecule has 8 heteroatoms. The number of rotatable bonds is 4. The molecule has 8 nitrogen and oxygen atoms in total. The summed E-state index contributed by atoms with van der Waals surface area (Å²) in [4.78, 5) is 30.0. The number of pyridine rings is 1. The van der Waals surface area contributed by atoms with Crippen LogP contribution in [0.5, 0.6) is 0 Å². The van der Waals surface area contributed by atoms with Crippen LogP contribution in [0, 0.1) is 12.8 Å². The van der Waals surface area contributed by atoms with Crippen molar-refractivity contribution in [1.29, 1.82) is 0 Å². The highest BCUT2D eigenvalue weighted by molar-refractivity contribution is 5.90. The molecular formula is C18H26N4O4. The van der Waals surface area contributed by atoms with Crippen molar-refractivity contribution >= 4 is 23.5 Å². The minimum atomic E-state index is -0.741. The highest BCUT2D eigenvalue weighted by atomic mass is 16.5. The van der Waals surface area contributed by atoms with E-state index in [1.54, 1.807) is 0 Å². The molecule has 2 amide bonds. The Balaban J connectivity index is 1.52. The molecule has 3 rings (SSSR count). The summed E-state index contributed by atoms with van der Waals surface area (Å²) in [6, 6.07) is 3.53. The molecule has 1 saturated carbocycles. The fraction of sp³-hybridized carbons (Fsp3) is 0.611. The van der Waals surface area contributed by atoms with Gasteiger partial charge in [-0.2, -0.15) is 0 Å². The second kappa shape index (κ2) is 8.35. The van der Waals surface area contributed by atoms with Crippen LogP contribution in [0.1, 0.15) is 31.4 Å². The predicted molar refractivity (Wildman–Crippen MR) is 97.5 cm³/mol. The Morgan fingerprint density at radius 2 is 1.88 bits per heavy atom. The molecule has 0 unspecified atom stereocenters. The SMILES string of the molecule is Cc1nc(N2CCOCC2)ccc1NC(=O)NC1CCC(C(=O)O)CC1. The molecular weight excluding hydrogens is 336 g/mol. The van der Waals surface area contributed by atoms with Gasteiger partial charge in [0.15, 0.2) is 0 Å². The normalized spacial score (nSPS) is 23.3. The van der Waals surface area contributed by atoms with E-state index < -0.39 is 5.97 Å². The Kier molecular flexibility index (Phi) is 5.92. The van der Waals surface area contributed by atoms with Gasteiger partial charge in [-0.1, -0.05) is 0 Å². The van der Waals surface area contributed by atoms with Crippen LogP contribution in [0.15, 0.2) is 12.1 Å². The minimum absolute atomic E-state index is 0.0199. The zero-order valence-corrected chi connectivity index (χ0v) is 15.0. The van der Waals surface area contributed by atoms with Gasteiger partial charge >= 0.3 is 12.0 Å². The first kappa shape index (κ1) is 18.4. The lowest BCUT2D eigenvalue weighted by Gasteiger charge is -2.28. The fourth-order valence-corrected chi connectivity index (χ4v) is 3.48. The van der Waals surface area contributed by atoms with Crippen molar-refractivity contribution < 1.29 is 19.4 Å². The molecule has 1 aromatic rings. The average Bonchev–Trinajstić information content (AvgIpc) is 2.64. The average molecular weight is 362 g/mol. The van der Waals surface area contributed by atoms with Gasteiger partial charge in [0, 0.05) is 19.1 Å². The first-order valence-corrected chi connectivity index (χ1v) is 9.13. The number of hydrogen-bond donors (Lipinski definition) is 3. The topological polar surface area (TPSA) is 104 Å². The third kappa shape index (κ3) is 4.63. The minimum Gasteiger partial charge on any atom is -0.481 e. The van der Waals surface area contributed by atoms with E-state index in [9.17, 15) is 9.59 Å². The molecule has 26 heavy (non-hydrogen) atoms. The van der Waals surface area contributed by atoms with Crippen LogP contribution in [0.4, 0.5) is 16.3 Å². The van der Waals surface area contributed by atoms with Crippen LogP contribution < -0.4 is 15.5 Å². The molecule has 1 aromatic heterocycles. The Hall–Kier alpha value is -2.35. The summed E-state index contributed by atoms with van der Waals surface area (Å²) in [5, 5.41) is 14.8. The molecule has 2 fully saturated rings. The number of nitrogens with one attached hydrogen (secondary N) is 2. The van der Waals surface area contributed by atoms with Gasteiger partial charge in [0.25, 0.3) is 0 Å². The number of anilines is 2. The fourth-order valence-electron chi connectivity index (χ4n) is 3.48. The number of morpholine rings is 1. The summed E-state index contributed by atoms with van der Waals surface area (Å²) in [5.41, 5.74) is 1.44. The van der Waals surface area contributed by atoms with Gasteiger partial charge in [-0.3, -0.25) is 4.79 Å². The van der Waals surface area contributed by atoms with Gasteiger partial charge in [0.2, 0.25) is 0 Å². The lowest BCUT2D eigenvalue weighted by molar-refractivity contribution is -0.142. The molecule has 0 aromatic carbocycles. The number of aliphatic carboxylic acids is 1. The van der Waals surface area contributed by atoms with Crippen molar-refractivity contribution in [2.45, 2.75) is 38.6 Å². The van der Waals surface area contributed by atoms with Crippen LogP contribution in [-0.4, -0.2) is 54.4 Å². The monoisotopic (exact) mass is 362 g/mol. The number of carbonyl (C=O) groups excluding carboxylic acids is 1. The number of aryl methyl sites for hydroxylation is 1. The standard InChI is InChI=1S/C18H26N4O4/c1-12-15(6-7-16(19-12)22-8-10-26-11-9-22)21-18(25)20-14-4-2-13(3-5-14)17(23)24/h6-7,13-14H,2-5,8-11H2,1H3,(H,23,24)(H2,20,21,25). The second-order valence-corrected chi connectivity index (χ2v) is 6.89. The number of nitrogens with zero attached hydrogens (tertiary/aromatic N) is 2. The Labute approximate surface area is 152 Å². The summed E-state index contributed by atoms with van der Waals surface area (Å²) >= 11 is 0. The maximum Gasteiger partial charge on any atom is 0.319 e. The third-order valence-corrected chi connectivity index (χ3v) is 5.07. The van der Waals surface area contributed by atoms with Crippen LogP contribution in [0.25, 0.3) is 0 Å². The van der Waals surface area contributed by atoms with Gasteiger partial charge in [-0.15, -0.1) is 0 Å². The van der Waals surface area contributed by atoms with E-state index >= 15 is 0 Å². The van der Waals surface area contributed by atoms with E-state index in [1.165, 1.54) is 0 Å². The molecule has 2 aliphatic rings. The van der Waals surface area contributed by atoms with Crippen LogP contribution in [0.2, 0.25) is 0 Å². The molecule has 1 aliphatic carbocycles. The first-order valence-electron chi connectivity index (χ1n) is 9.13. The number of amides is 2. The van der Waals surface area contributed by atoms with Crippen molar-refractivity contribution in [3.05, 3.63) is 17.8 Å². The molecule has 0 radical (unpaired) electrons. The summed E-state index contributed by atoms with van der Waals surface area (Å²) in [6.45, 7) is 4.91. The van der Waals surface area contributed by atoms with E-state index in [1.807, 2.05) is 19.1 Å². The number of ether oxygens (including phenoxy) is 1. The van der Waals surface area contributed by atoms with E-state index in [0.717, 1.165) is 24.6 Å².